The third kappa shape index (κ3) is 7.11. The predicted molar refractivity (Wildman–Crippen MR) is 123 cm³/mol. The van der Waals surface area contributed by atoms with E-state index in [4.69, 9.17) is 4.74 Å². The molecule has 0 saturated carbocycles. The van der Waals surface area contributed by atoms with Gasteiger partial charge in [0.05, 0.1) is 22.0 Å². The van der Waals surface area contributed by atoms with Gasteiger partial charge in [0.25, 0.3) is 5.69 Å². The highest BCUT2D eigenvalue weighted by Crippen LogP contribution is 2.39. The summed E-state index contributed by atoms with van der Waals surface area (Å²) in [5.41, 5.74) is 0.274. The van der Waals surface area contributed by atoms with Gasteiger partial charge in [0, 0.05) is 12.0 Å². The molecule has 29 heavy (non-hydrogen) atoms. The van der Waals surface area contributed by atoms with E-state index in [1.807, 2.05) is 18.2 Å². The number of nitrogens with one attached hydrogen (secondary N) is 1. The van der Waals surface area contributed by atoms with E-state index in [1.54, 1.807) is 18.2 Å². The van der Waals surface area contributed by atoms with Crippen LogP contribution in [0.4, 0.5) is 5.69 Å². The lowest BCUT2D eigenvalue weighted by Gasteiger charge is -2.44. The number of ether oxygens (including phenoxy) is 1. The Morgan fingerprint density at radius 2 is 1.72 bits per heavy atom. The molecule has 0 aromatic heterocycles. The second kappa shape index (κ2) is 11.9. The minimum atomic E-state index is -0.359. The summed E-state index contributed by atoms with van der Waals surface area (Å²) in [4.78, 5) is 10.3. The van der Waals surface area contributed by atoms with E-state index < -0.39 is 0 Å². The van der Waals surface area contributed by atoms with Crippen LogP contribution in [0.1, 0.15) is 40.5 Å². The van der Waals surface area contributed by atoms with Gasteiger partial charge in [-0.2, -0.15) is 0 Å². The molecular weight excluding hydrogens is 388 g/mol. The molecule has 2 bridgehead atoms. The number of halogens is 1. The third-order valence-electron chi connectivity index (χ3n) is 5.13. The maximum absolute atomic E-state index is 10.6. The summed E-state index contributed by atoms with van der Waals surface area (Å²) >= 11 is 0. The van der Waals surface area contributed by atoms with Crippen molar-refractivity contribution in [2.75, 3.05) is 13.1 Å². The SMILES string of the molecule is CC1(C)OC2C=CC1CC2.CCNCC.Cl.O=[N+]([O-])c1cccc2ccccc12. The summed E-state index contributed by atoms with van der Waals surface area (Å²) in [5, 5.41) is 15.3. The fourth-order valence-corrected chi connectivity index (χ4v) is 3.57. The zero-order valence-electron chi connectivity index (χ0n) is 17.8. The van der Waals surface area contributed by atoms with E-state index in [2.05, 4.69) is 45.2 Å². The monoisotopic (exact) mass is 420 g/mol. The minimum absolute atomic E-state index is 0. The lowest BCUT2D eigenvalue weighted by molar-refractivity contribution is -0.383. The van der Waals surface area contributed by atoms with Gasteiger partial charge >= 0.3 is 0 Å². The lowest BCUT2D eigenvalue weighted by Crippen LogP contribution is -2.44. The Morgan fingerprint density at radius 1 is 1.07 bits per heavy atom. The highest BCUT2D eigenvalue weighted by atomic mass is 35.5. The average Bonchev–Trinajstić information content (AvgIpc) is 2.69. The Balaban J connectivity index is 0.000000235. The summed E-state index contributed by atoms with van der Waals surface area (Å²) in [6.07, 6.45) is 7.48. The number of non-ortho nitro benzene ring substituents is 1. The predicted octanol–water partition coefficient (Wildman–Crippen LogP) is 5.92. The van der Waals surface area contributed by atoms with Crippen LogP contribution in [0.3, 0.4) is 0 Å². The number of nitro benzene ring substituents is 1. The molecule has 0 radical (unpaired) electrons. The van der Waals surface area contributed by atoms with E-state index in [-0.39, 0.29) is 28.6 Å². The number of nitrogens with zero attached hydrogens (tertiary/aromatic N) is 1. The van der Waals surface area contributed by atoms with Crippen LogP contribution < -0.4 is 5.32 Å². The fourth-order valence-electron chi connectivity index (χ4n) is 3.57. The van der Waals surface area contributed by atoms with Crippen molar-refractivity contribution in [1.82, 2.24) is 5.32 Å². The molecule has 0 amide bonds. The summed E-state index contributed by atoms with van der Waals surface area (Å²) in [6.45, 7) is 10.8. The maximum Gasteiger partial charge on any atom is 0.277 e. The number of hydrogen-bond donors (Lipinski definition) is 1. The van der Waals surface area contributed by atoms with Crippen LogP contribution >= 0.6 is 12.4 Å². The molecule has 2 unspecified atom stereocenters. The number of benzene rings is 2. The van der Waals surface area contributed by atoms with E-state index in [0.717, 1.165) is 18.5 Å². The third-order valence-corrected chi connectivity index (χ3v) is 5.13. The number of rotatable bonds is 3. The largest absolute Gasteiger partial charge is 0.368 e. The molecular formula is C23H33ClN2O3. The van der Waals surface area contributed by atoms with Crippen molar-refractivity contribution in [3.8, 4) is 0 Å². The topological polar surface area (TPSA) is 64.4 Å². The molecule has 5 nitrogen and oxygen atoms in total. The van der Waals surface area contributed by atoms with Crippen LogP contribution in [0.25, 0.3) is 10.8 Å². The first-order valence-electron chi connectivity index (χ1n) is 10.1. The molecule has 6 heteroatoms. The summed E-state index contributed by atoms with van der Waals surface area (Å²) in [6, 6.07) is 12.4. The number of fused-ring (bicyclic) bond motifs is 3. The zero-order chi connectivity index (χ0) is 20.6. The van der Waals surface area contributed by atoms with Crippen LogP contribution in [-0.4, -0.2) is 29.7 Å². The Morgan fingerprint density at radius 3 is 2.14 bits per heavy atom. The van der Waals surface area contributed by atoms with Crippen molar-refractivity contribution in [3.63, 3.8) is 0 Å². The van der Waals surface area contributed by atoms with Crippen molar-refractivity contribution in [3.05, 3.63) is 64.7 Å². The van der Waals surface area contributed by atoms with Gasteiger partial charge in [-0.3, -0.25) is 10.1 Å². The van der Waals surface area contributed by atoms with Gasteiger partial charge in [0.2, 0.25) is 0 Å². The van der Waals surface area contributed by atoms with Crippen molar-refractivity contribution < 1.29 is 9.66 Å². The Kier molecular flexibility index (Phi) is 10.3. The second-order valence-corrected chi connectivity index (χ2v) is 7.54. The highest BCUT2D eigenvalue weighted by Gasteiger charge is 2.38. The van der Waals surface area contributed by atoms with Gasteiger partial charge in [0.15, 0.2) is 0 Å². The van der Waals surface area contributed by atoms with Crippen LogP contribution in [0.2, 0.25) is 0 Å². The van der Waals surface area contributed by atoms with Crippen molar-refractivity contribution in [2.45, 2.75) is 52.2 Å². The van der Waals surface area contributed by atoms with Crippen LogP contribution in [0.15, 0.2) is 54.6 Å². The van der Waals surface area contributed by atoms with Crippen LogP contribution in [0.5, 0.6) is 0 Å². The van der Waals surface area contributed by atoms with Crippen LogP contribution in [-0.2, 0) is 4.74 Å². The first-order chi connectivity index (χ1) is 13.4. The summed E-state index contributed by atoms with van der Waals surface area (Å²) < 4.78 is 5.79. The molecule has 1 N–H and O–H groups in total. The van der Waals surface area contributed by atoms with Crippen LogP contribution in [0, 0.1) is 16.0 Å². The first-order valence-corrected chi connectivity index (χ1v) is 10.1. The van der Waals surface area contributed by atoms with Gasteiger partial charge in [-0.1, -0.05) is 56.3 Å². The molecule has 0 spiro atoms. The first kappa shape index (κ1) is 25.1. The van der Waals surface area contributed by atoms with Gasteiger partial charge in [-0.25, -0.2) is 0 Å². The normalized spacial score (nSPS) is 20.6. The number of nitro groups is 1. The molecule has 2 aliphatic heterocycles. The molecule has 2 atom stereocenters. The summed E-state index contributed by atoms with van der Waals surface area (Å²) in [7, 11) is 0. The average molecular weight is 421 g/mol. The van der Waals surface area contributed by atoms with Crippen molar-refractivity contribution in [1.29, 1.82) is 0 Å². The van der Waals surface area contributed by atoms with Crippen molar-refractivity contribution >= 4 is 28.9 Å². The zero-order valence-corrected chi connectivity index (χ0v) is 18.6. The van der Waals surface area contributed by atoms with E-state index in [9.17, 15) is 10.1 Å². The standard InChI is InChI=1S/C10H7NO2.C9H14O.C4H11N.ClH/c12-11(13)10-7-3-5-8-4-1-2-6-9(8)10;1-9(2)7-3-5-8(10-9)6-4-7;1-3-5-4-2;/h1-7H;3,5,7-8H,4,6H2,1-2H3;5H,3-4H2,1-2H3;1H. The summed E-state index contributed by atoms with van der Waals surface area (Å²) in [5.74, 6) is 0.664. The molecule has 3 aliphatic rings. The van der Waals surface area contributed by atoms with E-state index >= 15 is 0 Å². The smallest absolute Gasteiger partial charge is 0.277 e. The van der Waals surface area contributed by atoms with Gasteiger partial charge < -0.3 is 10.1 Å². The van der Waals surface area contributed by atoms with Gasteiger partial charge in [-0.05, 0) is 51.2 Å². The maximum atomic E-state index is 10.6. The Labute approximate surface area is 180 Å². The Bertz CT molecular complexity index is 800. The highest BCUT2D eigenvalue weighted by molar-refractivity contribution is 5.90. The van der Waals surface area contributed by atoms with Gasteiger partial charge in [-0.15, -0.1) is 12.4 Å². The van der Waals surface area contributed by atoms with E-state index in [1.165, 1.54) is 18.9 Å². The minimum Gasteiger partial charge on any atom is -0.368 e. The van der Waals surface area contributed by atoms with E-state index in [0.29, 0.717) is 17.4 Å². The van der Waals surface area contributed by atoms with Crippen molar-refractivity contribution in [2.24, 2.45) is 5.92 Å². The molecule has 160 valence electrons. The molecule has 2 heterocycles. The van der Waals surface area contributed by atoms with Gasteiger partial charge in [0.1, 0.15) is 0 Å². The Hall–Kier alpha value is -1.95. The fraction of sp³-hybridized carbons (Fsp3) is 0.478. The quantitative estimate of drug-likeness (QED) is 0.380. The molecule has 2 aromatic carbocycles. The lowest BCUT2D eigenvalue weighted by atomic mass is 9.79. The molecule has 1 aliphatic carbocycles. The number of hydrogen-bond acceptors (Lipinski definition) is 4. The molecule has 1 saturated heterocycles. The second-order valence-electron chi connectivity index (χ2n) is 7.54. The molecule has 1 fully saturated rings. The molecule has 2 aromatic rings. The molecule has 5 rings (SSSR count).